The lowest BCUT2D eigenvalue weighted by molar-refractivity contribution is -0.138. The molecule has 6 aromatic carbocycles. The quantitative estimate of drug-likeness (QED) is 0.0129. The molecule has 85 heavy (non-hydrogen) atoms. The topological polar surface area (TPSA) is 254 Å². The number of rotatable bonds is 31. The standard InChI is InChI=1S/C25H26O8.C20H17NO5.C20H20O6/c1-3-23(26)31-17-5-15-29-20-9-7-19(8-10-20)25(28)33-22-13-11-21(12-14-22)30-16-6-18-32-24(27)4-2;1-2-19(22)25-13-3-12-24-17-10-6-16(7-11-17)20(23)26-18-8-4-15(14-21)5-9-18;1-3-19(21)25-14-4-13-24-17-7-5-15(6-8-17)20(22)26-18-11-9-16(23-2)10-12-18/h3-4,7-14H,1-2,5-6,15-18H2;2,4-11H,1,3,12-13H2;3,5-12H,1,4,13-14H2,2H3. The Kier molecular flexibility index (Phi) is 30.3. The minimum atomic E-state index is -0.504. The molecular formula is C65H63NO19. The van der Waals surface area contributed by atoms with Crippen LogP contribution in [0, 0.1) is 11.3 Å². The molecule has 0 saturated carbocycles. The molecule has 0 atom stereocenters. The van der Waals surface area contributed by atoms with Gasteiger partial charge >= 0.3 is 41.8 Å². The van der Waals surface area contributed by atoms with Gasteiger partial charge in [-0.1, -0.05) is 26.3 Å². The van der Waals surface area contributed by atoms with Crippen molar-refractivity contribution in [3.8, 4) is 52.1 Å². The zero-order valence-corrected chi connectivity index (χ0v) is 46.7. The maximum atomic E-state index is 12.3. The lowest BCUT2D eigenvalue weighted by Crippen LogP contribution is -2.09. The Morgan fingerprint density at radius 2 is 0.565 bits per heavy atom. The molecule has 0 N–H and O–H groups in total. The number of nitrogens with zero attached hydrogens (tertiary/aromatic N) is 1. The Morgan fingerprint density at radius 3 is 0.800 bits per heavy atom. The van der Waals surface area contributed by atoms with Crippen molar-refractivity contribution in [3.05, 3.63) is 218 Å². The fraction of sp³-hybridized carbons (Fsp3) is 0.200. The van der Waals surface area contributed by atoms with E-state index in [4.69, 9.17) is 62.1 Å². The summed E-state index contributed by atoms with van der Waals surface area (Å²) in [4.78, 5) is 80.2. The molecule has 442 valence electrons. The van der Waals surface area contributed by atoms with Gasteiger partial charge in [0.15, 0.2) is 0 Å². The maximum absolute atomic E-state index is 12.3. The number of nitriles is 1. The van der Waals surface area contributed by atoms with Crippen molar-refractivity contribution in [1.29, 1.82) is 5.26 Å². The largest absolute Gasteiger partial charge is 0.497 e. The van der Waals surface area contributed by atoms with E-state index >= 15 is 0 Å². The number of carbonyl (C=O) groups excluding carboxylic acids is 7. The highest BCUT2D eigenvalue weighted by Gasteiger charge is 2.13. The Bertz CT molecular complexity index is 3150. The van der Waals surface area contributed by atoms with Crippen molar-refractivity contribution in [2.24, 2.45) is 0 Å². The van der Waals surface area contributed by atoms with E-state index in [2.05, 4.69) is 26.3 Å². The molecule has 0 amide bonds. The molecule has 0 fully saturated rings. The van der Waals surface area contributed by atoms with Gasteiger partial charge in [0, 0.05) is 50.0 Å². The first-order chi connectivity index (χ1) is 41.2. The molecule has 0 radical (unpaired) electrons. The van der Waals surface area contributed by atoms with Crippen LogP contribution in [-0.2, 0) is 38.1 Å². The molecule has 0 aliphatic heterocycles. The highest BCUT2D eigenvalue weighted by atomic mass is 16.6. The summed E-state index contributed by atoms with van der Waals surface area (Å²) in [6, 6.07) is 41.3. The second kappa shape index (κ2) is 38.7. The number of esters is 7. The normalized spacial score (nSPS) is 9.84. The zero-order valence-electron chi connectivity index (χ0n) is 46.7. The minimum Gasteiger partial charge on any atom is -0.497 e. The minimum absolute atomic E-state index is 0.240. The van der Waals surface area contributed by atoms with E-state index in [-0.39, 0.29) is 26.4 Å². The summed E-state index contributed by atoms with van der Waals surface area (Å²) in [7, 11) is 1.57. The van der Waals surface area contributed by atoms with Crippen LogP contribution in [0.15, 0.2) is 196 Å². The smallest absolute Gasteiger partial charge is 0.343 e. The molecule has 0 heterocycles. The predicted octanol–water partition coefficient (Wildman–Crippen LogP) is 10.6. The van der Waals surface area contributed by atoms with E-state index in [1.165, 1.54) is 0 Å². The first-order valence-corrected chi connectivity index (χ1v) is 26.1. The monoisotopic (exact) mass is 1160 g/mol. The second-order valence-electron chi connectivity index (χ2n) is 16.8. The van der Waals surface area contributed by atoms with E-state index in [1.54, 1.807) is 153 Å². The molecule has 0 unspecified atom stereocenters. The van der Waals surface area contributed by atoms with Gasteiger partial charge in [0.25, 0.3) is 0 Å². The van der Waals surface area contributed by atoms with E-state index in [0.717, 1.165) is 24.3 Å². The van der Waals surface area contributed by atoms with Gasteiger partial charge in [0.1, 0.15) is 46.0 Å². The maximum Gasteiger partial charge on any atom is 0.343 e. The number of carbonyl (C=O) groups is 7. The number of methoxy groups -OCH3 is 1. The molecule has 20 heteroatoms. The van der Waals surface area contributed by atoms with Crippen molar-refractivity contribution in [3.63, 3.8) is 0 Å². The van der Waals surface area contributed by atoms with Crippen LogP contribution in [0.5, 0.6) is 46.0 Å². The van der Waals surface area contributed by atoms with Crippen LogP contribution >= 0.6 is 0 Å². The molecule has 0 aromatic heterocycles. The Balaban J connectivity index is 0.000000276. The molecule has 6 aromatic rings. The van der Waals surface area contributed by atoms with Crippen LogP contribution in [0.25, 0.3) is 0 Å². The van der Waals surface area contributed by atoms with E-state index in [9.17, 15) is 33.6 Å². The number of hydrogen-bond acceptors (Lipinski definition) is 20. The van der Waals surface area contributed by atoms with Gasteiger partial charge in [-0.3, -0.25) is 0 Å². The van der Waals surface area contributed by atoms with Crippen LogP contribution in [0.3, 0.4) is 0 Å². The molecule has 0 spiro atoms. The van der Waals surface area contributed by atoms with Crippen LogP contribution in [0.1, 0.15) is 62.3 Å². The van der Waals surface area contributed by atoms with Crippen LogP contribution in [-0.4, -0.2) is 102 Å². The molecule has 0 bridgehead atoms. The fourth-order valence-electron chi connectivity index (χ4n) is 6.33. The van der Waals surface area contributed by atoms with Crippen molar-refractivity contribution in [1.82, 2.24) is 0 Å². The Labute approximate surface area is 491 Å². The summed E-state index contributed by atoms with van der Waals surface area (Å²) in [6.45, 7) is 15.8. The predicted molar refractivity (Wildman–Crippen MR) is 310 cm³/mol. The second-order valence-corrected chi connectivity index (χ2v) is 16.8. The average Bonchev–Trinajstić information content (AvgIpc) is 3.59. The van der Waals surface area contributed by atoms with Gasteiger partial charge in [-0.15, -0.1) is 0 Å². The van der Waals surface area contributed by atoms with Crippen molar-refractivity contribution in [2.75, 3.05) is 60.0 Å². The van der Waals surface area contributed by atoms with E-state index in [0.29, 0.717) is 120 Å². The number of hydrogen-bond donors (Lipinski definition) is 0. The van der Waals surface area contributed by atoms with E-state index in [1.807, 2.05) is 6.07 Å². The summed E-state index contributed by atoms with van der Waals surface area (Å²) in [5.74, 6) is 0.937. The van der Waals surface area contributed by atoms with Gasteiger partial charge < -0.3 is 56.8 Å². The molecule has 6 rings (SSSR count). The van der Waals surface area contributed by atoms with Crippen molar-refractivity contribution >= 4 is 41.8 Å². The first-order valence-electron chi connectivity index (χ1n) is 26.1. The Hall–Kier alpha value is -10.9. The van der Waals surface area contributed by atoms with Gasteiger partial charge in [-0.2, -0.15) is 5.26 Å². The SMILES string of the molecule is C=CC(=O)OCCCOc1ccc(C(=O)Oc2ccc(C#N)cc2)cc1.C=CC(=O)OCCCOc1ccc(C(=O)Oc2ccc(OC)cc2)cc1.C=CC(=O)OCCCOc1ccc(OC(=O)c2ccc(OCCCOC(=O)C=C)cc2)cc1. The third-order valence-corrected chi connectivity index (χ3v) is 10.6. The van der Waals surface area contributed by atoms with Gasteiger partial charge in [-0.05, 0) is 146 Å². The molecule has 0 aliphatic rings. The lowest BCUT2D eigenvalue weighted by Gasteiger charge is -2.09. The summed E-state index contributed by atoms with van der Waals surface area (Å²) in [5, 5.41) is 8.75. The molecule has 20 nitrogen and oxygen atoms in total. The summed E-state index contributed by atoms with van der Waals surface area (Å²) in [5.41, 5.74) is 1.65. The average molecular weight is 1160 g/mol. The first kappa shape index (κ1) is 66.6. The summed E-state index contributed by atoms with van der Waals surface area (Å²) >= 11 is 0. The van der Waals surface area contributed by atoms with Crippen LogP contribution < -0.4 is 37.9 Å². The molecule has 0 aliphatic carbocycles. The molecule has 0 saturated heterocycles. The molecular weight excluding hydrogens is 1100 g/mol. The lowest BCUT2D eigenvalue weighted by atomic mass is 10.2. The van der Waals surface area contributed by atoms with Crippen LogP contribution in [0.4, 0.5) is 0 Å². The van der Waals surface area contributed by atoms with Gasteiger partial charge in [0.05, 0.1) is 88.3 Å². The summed E-state index contributed by atoms with van der Waals surface area (Å²) in [6.07, 6.45) is 6.61. The number of ether oxygens (including phenoxy) is 12. The Morgan fingerprint density at radius 1 is 0.341 bits per heavy atom. The highest BCUT2D eigenvalue weighted by Crippen LogP contribution is 2.22. The zero-order chi connectivity index (χ0) is 61.4. The third-order valence-electron chi connectivity index (χ3n) is 10.6. The summed E-state index contributed by atoms with van der Waals surface area (Å²) < 4.78 is 62.5. The number of benzene rings is 6. The third kappa shape index (κ3) is 26.9. The van der Waals surface area contributed by atoms with Crippen LogP contribution in [0.2, 0.25) is 0 Å². The highest BCUT2D eigenvalue weighted by molar-refractivity contribution is 5.92. The van der Waals surface area contributed by atoms with Gasteiger partial charge in [0.2, 0.25) is 0 Å². The van der Waals surface area contributed by atoms with E-state index < -0.39 is 41.8 Å². The van der Waals surface area contributed by atoms with Crippen molar-refractivity contribution < 1.29 is 90.4 Å². The fourth-order valence-corrected chi connectivity index (χ4v) is 6.33. The van der Waals surface area contributed by atoms with Gasteiger partial charge in [-0.25, -0.2) is 33.6 Å². The van der Waals surface area contributed by atoms with Crippen molar-refractivity contribution in [2.45, 2.75) is 25.7 Å².